The van der Waals surface area contributed by atoms with Crippen molar-refractivity contribution in [2.24, 2.45) is 17.1 Å². The van der Waals surface area contributed by atoms with Crippen molar-refractivity contribution < 1.29 is 0 Å². The van der Waals surface area contributed by atoms with Crippen LogP contribution in [0.1, 0.15) is 40.5 Å². The quantitative estimate of drug-likeness (QED) is 0.700. The Kier molecular flexibility index (Phi) is 4.56. The minimum absolute atomic E-state index is 0.0940. The van der Waals surface area contributed by atoms with Gasteiger partial charge in [-0.3, -0.25) is 10.2 Å². The van der Waals surface area contributed by atoms with Gasteiger partial charge in [-0.15, -0.1) is 0 Å². The van der Waals surface area contributed by atoms with Crippen LogP contribution in [0.3, 0.4) is 0 Å². The average Bonchev–Trinajstić information content (AvgIpc) is 2.20. The van der Waals surface area contributed by atoms with Crippen molar-refractivity contribution in [3.05, 3.63) is 0 Å². The van der Waals surface area contributed by atoms with Crippen molar-refractivity contribution in [2.45, 2.75) is 46.7 Å². The molecule has 1 aliphatic heterocycles. The fourth-order valence-electron chi connectivity index (χ4n) is 2.52. The molecule has 0 aliphatic carbocycles. The number of rotatable bonds is 3. The van der Waals surface area contributed by atoms with E-state index in [1.165, 1.54) is 25.9 Å². The van der Waals surface area contributed by atoms with Gasteiger partial charge in [0.1, 0.15) is 0 Å². The van der Waals surface area contributed by atoms with Crippen LogP contribution in [0, 0.1) is 11.3 Å². The Morgan fingerprint density at radius 3 is 2.80 bits per heavy atom. The van der Waals surface area contributed by atoms with Crippen LogP contribution in [0.4, 0.5) is 0 Å². The average molecular weight is 213 g/mol. The summed E-state index contributed by atoms with van der Waals surface area (Å²) in [4.78, 5) is 2.49. The van der Waals surface area contributed by atoms with E-state index in [4.69, 9.17) is 5.73 Å². The van der Waals surface area contributed by atoms with Crippen molar-refractivity contribution in [3.63, 3.8) is 0 Å². The summed E-state index contributed by atoms with van der Waals surface area (Å²) in [6.07, 6.45) is 2.72. The molecule has 0 bridgehead atoms. The smallest absolute Gasteiger partial charge is 0.0527 e. The number of hydrogen-bond acceptors (Lipinski definition) is 3. The molecule has 2 unspecified atom stereocenters. The van der Waals surface area contributed by atoms with E-state index < -0.39 is 0 Å². The first-order valence-electron chi connectivity index (χ1n) is 6.10. The number of hydrogen-bond donors (Lipinski definition) is 2. The normalized spacial score (nSPS) is 29.8. The van der Waals surface area contributed by atoms with Crippen LogP contribution in [0.2, 0.25) is 0 Å². The summed E-state index contributed by atoms with van der Waals surface area (Å²) in [5, 5.41) is 3.29. The maximum atomic E-state index is 5.70. The molecule has 0 aromatic carbocycles. The highest BCUT2D eigenvalue weighted by atomic mass is 15.2. The fourth-order valence-corrected chi connectivity index (χ4v) is 2.52. The molecule has 3 nitrogen and oxygen atoms in total. The first-order chi connectivity index (χ1) is 6.89. The number of likely N-dealkylation sites (tertiary alicyclic amines) is 1. The first kappa shape index (κ1) is 12.9. The third kappa shape index (κ3) is 4.96. The highest BCUT2D eigenvalue weighted by molar-refractivity contribution is 4.79. The lowest BCUT2D eigenvalue weighted by Crippen LogP contribution is -2.43. The lowest BCUT2D eigenvalue weighted by Gasteiger charge is -2.24. The minimum Gasteiger partial charge on any atom is -0.316 e. The zero-order chi connectivity index (χ0) is 11.5. The molecule has 0 aromatic rings. The number of nitrogens with zero attached hydrogens (tertiary/aromatic N) is 1. The van der Waals surface area contributed by atoms with E-state index in [9.17, 15) is 0 Å². The summed E-state index contributed by atoms with van der Waals surface area (Å²) in [5.74, 6) is 0.789. The Morgan fingerprint density at radius 2 is 2.20 bits per heavy atom. The van der Waals surface area contributed by atoms with Gasteiger partial charge in [0, 0.05) is 13.2 Å². The highest BCUT2D eigenvalue weighted by Crippen LogP contribution is 2.32. The van der Waals surface area contributed by atoms with Gasteiger partial charge in [-0.05, 0) is 37.6 Å². The SMILES string of the molecule is CC1CN(CNC(C)N)CCC(C)(C)C1. The molecule has 0 spiro atoms. The molecule has 0 radical (unpaired) electrons. The van der Waals surface area contributed by atoms with Crippen LogP contribution in [-0.2, 0) is 0 Å². The molecule has 1 rings (SSSR count). The molecule has 0 aromatic heterocycles. The topological polar surface area (TPSA) is 41.3 Å². The molecule has 1 fully saturated rings. The Hall–Kier alpha value is -0.120. The summed E-state index contributed by atoms with van der Waals surface area (Å²) in [7, 11) is 0. The van der Waals surface area contributed by atoms with Crippen molar-refractivity contribution >= 4 is 0 Å². The van der Waals surface area contributed by atoms with E-state index in [1.807, 2.05) is 6.92 Å². The molecule has 1 aliphatic rings. The summed E-state index contributed by atoms with van der Waals surface area (Å²) in [6, 6.07) is 0. The molecule has 1 heterocycles. The number of nitrogens with one attached hydrogen (secondary N) is 1. The van der Waals surface area contributed by atoms with E-state index in [2.05, 4.69) is 31.0 Å². The Bertz CT molecular complexity index is 189. The van der Waals surface area contributed by atoms with E-state index >= 15 is 0 Å². The molecule has 1 saturated heterocycles. The minimum atomic E-state index is 0.0940. The third-order valence-electron chi connectivity index (χ3n) is 3.21. The first-order valence-corrected chi connectivity index (χ1v) is 6.10. The highest BCUT2D eigenvalue weighted by Gasteiger charge is 2.26. The van der Waals surface area contributed by atoms with Gasteiger partial charge >= 0.3 is 0 Å². The molecular weight excluding hydrogens is 186 g/mol. The largest absolute Gasteiger partial charge is 0.316 e. The molecule has 3 heteroatoms. The lowest BCUT2D eigenvalue weighted by atomic mass is 9.82. The van der Waals surface area contributed by atoms with Gasteiger partial charge < -0.3 is 5.73 Å². The third-order valence-corrected chi connectivity index (χ3v) is 3.21. The van der Waals surface area contributed by atoms with Crippen LogP contribution < -0.4 is 11.1 Å². The molecule has 2 atom stereocenters. The van der Waals surface area contributed by atoms with Crippen LogP contribution in [0.15, 0.2) is 0 Å². The molecule has 3 N–H and O–H groups in total. The van der Waals surface area contributed by atoms with Crippen LogP contribution in [-0.4, -0.2) is 30.8 Å². The maximum Gasteiger partial charge on any atom is 0.0527 e. The zero-order valence-corrected chi connectivity index (χ0v) is 10.7. The molecule has 0 saturated carbocycles. The van der Waals surface area contributed by atoms with Gasteiger partial charge in [0.2, 0.25) is 0 Å². The zero-order valence-electron chi connectivity index (χ0n) is 10.7. The van der Waals surface area contributed by atoms with Gasteiger partial charge in [0.15, 0.2) is 0 Å². The van der Waals surface area contributed by atoms with Crippen LogP contribution in [0.25, 0.3) is 0 Å². The van der Waals surface area contributed by atoms with E-state index in [0.29, 0.717) is 5.41 Å². The second-order valence-corrected chi connectivity index (χ2v) is 5.95. The summed E-state index contributed by atoms with van der Waals surface area (Å²) >= 11 is 0. The Labute approximate surface area is 94.4 Å². The molecule has 0 amide bonds. The Morgan fingerprint density at radius 1 is 1.53 bits per heavy atom. The summed E-state index contributed by atoms with van der Waals surface area (Å²) < 4.78 is 0. The van der Waals surface area contributed by atoms with Crippen molar-refractivity contribution in [2.75, 3.05) is 19.8 Å². The monoisotopic (exact) mass is 213 g/mol. The number of nitrogens with two attached hydrogens (primary N) is 1. The van der Waals surface area contributed by atoms with E-state index in [-0.39, 0.29) is 6.17 Å². The van der Waals surface area contributed by atoms with E-state index in [1.54, 1.807) is 0 Å². The second-order valence-electron chi connectivity index (χ2n) is 5.95. The van der Waals surface area contributed by atoms with Gasteiger partial charge in [-0.1, -0.05) is 20.8 Å². The van der Waals surface area contributed by atoms with Gasteiger partial charge in [0.05, 0.1) is 6.17 Å². The van der Waals surface area contributed by atoms with Crippen molar-refractivity contribution in [3.8, 4) is 0 Å². The van der Waals surface area contributed by atoms with E-state index in [0.717, 1.165) is 12.6 Å². The Balaban J connectivity index is 2.41. The van der Waals surface area contributed by atoms with Crippen molar-refractivity contribution in [1.82, 2.24) is 10.2 Å². The predicted octanol–water partition coefficient (Wildman–Crippen LogP) is 1.60. The van der Waals surface area contributed by atoms with Gasteiger partial charge in [0.25, 0.3) is 0 Å². The lowest BCUT2D eigenvalue weighted by molar-refractivity contribution is 0.227. The van der Waals surface area contributed by atoms with Crippen molar-refractivity contribution in [1.29, 1.82) is 0 Å². The second kappa shape index (κ2) is 5.28. The van der Waals surface area contributed by atoms with Gasteiger partial charge in [-0.25, -0.2) is 0 Å². The maximum absolute atomic E-state index is 5.70. The van der Waals surface area contributed by atoms with Crippen LogP contribution in [0.5, 0.6) is 0 Å². The van der Waals surface area contributed by atoms with Gasteiger partial charge in [-0.2, -0.15) is 0 Å². The summed E-state index contributed by atoms with van der Waals surface area (Å²) in [6.45, 7) is 12.4. The molecular formula is C12H27N3. The summed E-state index contributed by atoms with van der Waals surface area (Å²) in [5.41, 5.74) is 6.20. The standard InChI is InChI=1S/C12H27N3/c1-10-7-12(3,4)5-6-15(8-10)9-14-11(2)13/h10-11,14H,5-9,13H2,1-4H3. The predicted molar refractivity (Wildman–Crippen MR) is 65.4 cm³/mol. The molecule has 15 heavy (non-hydrogen) atoms. The molecule has 90 valence electrons. The fraction of sp³-hybridized carbons (Fsp3) is 1.00. The van der Waals surface area contributed by atoms with Crippen LogP contribution >= 0.6 is 0 Å².